The first-order valence-electron chi connectivity index (χ1n) is 1.79. The van der Waals surface area contributed by atoms with Crippen LogP contribution in [0.3, 0.4) is 0 Å². The molecular weight excluding hydrogens is 250 g/mol. The van der Waals surface area contributed by atoms with Crippen LogP contribution in [0.5, 0.6) is 0 Å². The van der Waals surface area contributed by atoms with Gasteiger partial charge in [-0.3, -0.25) is 0 Å². The summed E-state index contributed by atoms with van der Waals surface area (Å²) in [4.78, 5) is 19.4. The molecule has 0 saturated heterocycles. The van der Waals surface area contributed by atoms with Crippen LogP contribution in [-0.4, -0.2) is 5.20 Å². The van der Waals surface area contributed by atoms with Crippen LogP contribution in [0.1, 0.15) is 0 Å². The van der Waals surface area contributed by atoms with Crippen molar-refractivity contribution in [3.05, 3.63) is 0 Å². The summed E-state index contributed by atoms with van der Waals surface area (Å²) in [5.74, 6) is 0. The summed E-state index contributed by atoms with van der Waals surface area (Å²) in [6.45, 7) is 0. The Balaban J connectivity index is 3.53. The fourth-order valence-corrected chi connectivity index (χ4v) is 1.40. The third kappa shape index (κ3) is 6.64. The fourth-order valence-electron chi connectivity index (χ4n) is 0.155. The van der Waals surface area contributed by atoms with E-state index in [1.165, 1.54) is 0 Å². The zero-order chi connectivity index (χ0) is 8.15. The molecule has 6 nitrogen and oxygen atoms in total. The van der Waals surface area contributed by atoms with Crippen molar-refractivity contribution >= 4 is 32.4 Å². The van der Waals surface area contributed by atoms with Crippen LogP contribution in [0.4, 0.5) is 0 Å². The molecule has 0 aliphatic carbocycles. The van der Waals surface area contributed by atoms with Crippen LogP contribution in [0, 0.1) is 0 Å². The van der Waals surface area contributed by atoms with Crippen molar-refractivity contribution in [2.45, 2.75) is 5.20 Å². The zero-order valence-electron chi connectivity index (χ0n) is 4.30. The second-order valence-electron chi connectivity index (χ2n) is 0.932. The minimum Gasteiger partial charge on any atom is -0.566 e. The summed E-state index contributed by atoms with van der Waals surface area (Å²) in [5, 5.41) is -1.46. The molecule has 0 heterocycles. The molecule has 0 aromatic rings. The van der Waals surface area contributed by atoms with Crippen molar-refractivity contribution in [3.63, 3.8) is 0 Å². The van der Waals surface area contributed by atoms with Gasteiger partial charge >= 0.3 is 21.7 Å². The van der Waals surface area contributed by atoms with E-state index in [1.807, 2.05) is 0 Å². The van der Waals surface area contributed by atoms with Crippen molar-refractivity contribution in [2.75, 3.05) is 0 Å². The molecule has 0 rings (SSSR count). The van der Waals surface area contributed by atoms with Gasteiger partial charge in [-0.1, -0.05) is 9.05 Å². The Morgan fingerprint density at radius 3 is 1.70 bits per heavy atom. The van der Waals surface area contributed by atoms with Gasteiger partial charge in [0, 0.05) is 0 Å². The Kier molecular flexibility index (Phi) is 5.48. The number of hydrogen-bond donors (Lipinski definition) is 0. The Bertz CT molecular complexity index is 131. The van der Waals surface area contributed by atoms with E-state index in [9.17, 15) is 18.9 Å². The minimum absolute atomic E-state index is 1.46. The van der Waals surface area contributed by atoms with Gasteiger partial charge in [0.25, 0.3) is 0 Å². The molecule has 2 unspecified atom stereocenters. The van der Waals surface area contributed by atoms with Crippen molar-refractivity contribution in [1.82, 2.24) is 0 Å². The highest BCUT2D eigenvalue weighted by Crippen LogP contribution is 2.24. The van der Waals surface area contributed by atoms with E-state index in [1.54, 1.807) is 0 Å². The summed E-state index contributed by atoms with van der Waals surface area (Å²) >= 11 is 2.47. The highest BCUT2D eigenvalue weighted by Gasteiger charge is 2.20. The number of hydrogen-bond acceptors (Lipinski definition) is 6. The third-order valence-corrected chi connectivity index (χ3v) is 2.02. The number of halogens is 1. The van der Waals surface area contributed by atoms with Crippen LogP contribution in [0.2, 0.25) is 0 Å². The number of rotatable bonds is 4. The Hall–Kier alpha value is 0.520. The molecule has 0 aliphatic rings. The van der Waals surface area contributed by atoms with Crippen LogP contribution in [0.25, 0.3) is 0 Å². The maximum absolute atomic E-state index is 9.70. The fraction of sp³-hybridized carbons (Fsp3) is 1.00. The molecule has 0 saturated carbocycles. The Morgan fingerprint density at radius 2 is 1.50 bits per heavy atom. The van der Waals surface area contributed by atoms with Gasteiger partial charge < -0.3 is 9.79 Å². The molecule has 0 aliphatic heterocycles. The van der Waals surface area contributed by atoms with Crippen LogP contribution in [0.15, 0.2) is 0 Å². The van der Waals surface area contributed by atoms with Crippen molar-refractivity contribution in [1.29, 1.82) is 0 Å². The van der Waals surface area contributed by atoms with Crippen molar-refractivity contribution in [2.24, 2.45) is 0 Å². The van der Waals surface area contributed by atoms with Gasteiger partial charge in [-0.05, 0) is 25.1 Å². The molecule has 0 radical (unpaired) electrons. The third-order valence-electron chi connectivity index (χ3n) is 0.338. The minimum atomic E-state index is -3.11. The smallest absolute Gasteiger partial charge is 0.492 e. The normalized spacial score (nSPS) is 16.3. The van der Waals surface area contributed by atoms with E-state index in [-0.39, 0.29) is 0 Å². The molecule has 2 atom stereocenters. The average Bonchev–Trinajstić information content (AvgIpc) is 1.58. The van der Waals surface area contributed by atoms with E-state index in [4.69, 9.17) is 0 Å². The quantitative estimate of drug-likeness (QED) is 0.387. The lowest BCUT2D eigenvalue weighted by molar-refractivity contribution is -0.204. The maximum Gasteiger partial charge on any atom is 0.492 e. The summed E-state index contributed by atoms with van der Waals surface area (Å²) in [6, 6.07) is 0. The molecule has 0 bridgehead atoms. The first-order valence-corrected chi connectivity index (χ1v) is 4.89. The van der Waals surface area contributed by atoms with Gasteiger partial charge in [0.15, 0.2) is 0 Å². The van der Waals surface area contributed by atoms with Gasteiger partial charge in [-0.15, -0.1) is 0 Å². The monoisotopic (exact) mass is 250 g/mol. The topological polar surface area (TPSA) is 98.7 Å². The Morgan fingerprint density at radius 1 is 1.20 bits per heavy atom. The highest BCUT2D eigenvalue weighted by molar-refractivity contribution is 9.09. The molecule has 0 N–H and O–H groups in total. The summed E-state index contributed by atoms with van der Waals surface area (Å²) < 4.78 is 27.0. The standard InChI is InChI=1S/CHBrO6P2/c2-1(7-9(3)4)8-10(5)6/h1H. The lowest BCUT2D eigenvalue weighted by atomic mass is 11.5. The van der Waals surface area contributed by atoms with Crippen LogP contribution >= 0.6 is 32.4 Å². The SMILES string of the molecule is O=[P+]([O-])OC(Br)O[P+](=O)[O-]. The van der Waals surface area contributed by atoms with Crippen LogP contribution < -0.4 is 9.79 Å². The zero-order valence-corrected chi connectivity index (χ0v) is 7.67. The lowest BCUT2D eigenvalue weighted by Crippen LogP contribution is -2.06. The highest BCUT2D eigenvalue weighted by atomic mass is 79.9. The van der Waals surface area contributed by atoms with Crippen LogP contribution in [-0.2, 0) is 18.2 Å². The lowest BCUT2D eigenvalue weighted by Gasteiger charge is -1.94. The van der Waals surface area contributed by atoms with Crippen molar-refractivity contribution < 1.29 is 28.0 Å². The summed E-state index contributed by atoms with van der Waals surface area (Å²) in [6.07, 6.45) is 0. The molecule has 0 aromatic heterocycles. The molecule has 58 valence electrons. The molecule has 0 spiro atoms. The van der Waals surface area contributed by atoms with Gasteiger partial charge in [0.1, 0.15) is 0 Å². The summed E-state index contributed by atoms with van der Waals surface area (Å²) in [7, 11) is -6.22. The predicted molar refractivity (Wildman–Crippen MR) is 30.1 cm³/mol. The second kappa shape index (κ2) is 5.21. The largest absolute Gasteiger partial charge is 0.566 e. The molecule has 0 aromatic carbocycles. The van der Waals surface area contributed by atoms with Gasteiger partial charge in [0.2, 0.25) is 0 Å². The van der Waals surface area contributed by atoms with E-state index < -0.39 is 21.7 Å². The molecule has 0 fully saturated rings. The van der Waals surface area contributed by atoms with E-state index in [2.05, 4.69) is 25.0 Å². The van der Waals surface area contributed by atoms with E-state index in [0.717, 1.165) is 0 Å². The first-order chi connectivity index (χ1) is 4.52. The van der Waals surface area contributed by atoms with E-state index >= 15 is 0 Å². The second-order valence-corrected chi connectivity index (χ2v) is 3.00. The molecule has 0 amide bonds. The molecule has 10 heavy (non-hydrogen) atoms. The number of alkyl halides is 1. The van der Waals surface area contributed by atoms with Gasteiger partial charge in [-0.25, -0.2) is 0 Å². The van der Waals surface area contributed by atoms with Gasteiger partial charge in [0.05, 0.1) is 0 Å². The molecule has 9 heteroatoms. The first kappa shape index (κ1) is 10.5. The van der Waals surface area contributed by atoms with E-state index in [0.29, 0.717) is 0 Å². The van der Waals surface area contributed by atoms with Gasteiger partial charge in [-0.2, -0.15) is 0 Å². The predicted octanol–water partition coefficient (Wildman–Crippen LogP) is -0.267. The summed E-state index contributed by atoms with van der Waals surface area (Å²) in [5.41, 5.74) is 0. The molecular formula is CHBrO6P2. The Labute approximate surface area is 66.2 Å². The maximum atomic E-state index is 9.70. The van der Waals surface area contributed by atoms with Crippen molar-refractivity contribution in [3.8, 4) is 0 Å². The average molecular weight is 251 g/mol.